The fraction of sp³-hybridized carbons (Fsp3) is 0.632. The number of carbonyl (C=O) groups is 1. The Morgan fingerprint density at radius 3 is 2.69 bits per heavy atom. The summed E-state index contributed by atoms with van der Waals surface area (Å²) in [5.41, 5.74) is 3.43. The van der Waals surface area contributed by atoms with Crippen LogP contribution in [0.15, 0.2) is 12.3 Å². The Morgan fingerprint density at radius 1 is 1.12 bits per heavy atom. The van der Waals surface area contributed by atoms with Crippen LogP contribution in [0, 0.1) is 5.92 Å². The van der Waals surface area contributed by atoms with Crippen LogP contribution in [0.3, 0.4) is 0 Å². The van der Waals surface area contributed by atoms with Crippen LogP contribution < -0.4 is 4.90 Å². The first-order chi connectivity index (χ1) is 12.7. The Labute approximate surface area is 153 Å². The van der Waals surface area contributed by atoms with Crippen LogP contribution in [0.5, 0.6) is 0 Å². The predicted molar refractivity (Wildman–Crippen MR) is 99.4 cm³/mol. The molecule has 7 heteroatoms. The molecule has 2 saturated heterocycles. The Balaban J connectivity index is 1.44. The number of nitrogens with zero attached hydrogens (tertiary/aromatic N) is 6. The highest BCUT2D eigenvalue weighted by atomic mass is 16.2. The van der Waals surface area contributed by atoms with E-state index in [2.05, 4.69) is 21.9 Å². The van der Waals surface area contributed by atoms with Gasteiger partial charge in [-0.1, -0.05) is 0 Å². The van der Waals surface area contributed by atoms with E-state index >= 15 is 0 Å². The van der Waals surface area contributed by atoms with Crippen molar-refractivity contribution < 1.29 is 4.79 Å². The zero-order valence-corrected chi connectivity index (χ0v) is 15.4. The van der Waals surface area contributed by atoms with E-state index in [0.29, 0.717) is 5.91 Å². The lowest BCUT2D eigenvalue weighted by molar-refractivity contribution is -0.135. The minimum atomic E-state index is 0.135. The van der Waals surface area contributed by atoms with Crippen LogP contribution in [-0.4, -0.2) is 76.6 Å². The zero-order chi connectivity index (χ0) is 17.7. The highest BCUT2D eigenvalue weighted by molar-refractivity contribution is 5.82. The molecule has 5 heterocycles. The molecule has 0 unspecified atom stereocenters. The van der Waals surface area contributed by atoms with Crippen molar-refractivity contribution in [1.82, 2.24) is 24.4 Å². The summed E-state index contributed by atoms with van der Waals surface area (Å²) in [7, 11) is 2.17. The number of likely N-dealkylation sites (tertiary alicyclic amines) is 1. The van der Waals surface area contributed by atoms with Crippen molar-refractivity contribution in [2.45, 2.75) is 25.7 Å². The molecule has 0 N–H and O–H groups in total. The number of rotatable bonds is 2. The second-order valence-corrected chi connectivity index (χ2v) is 7.90. The van der Waals surface area contributed by atoms with Gasteiger partial charge in [0.15, 0.2) is 5.65 Å². The first-order valence-electron chi connectivity index (χ1n) is 9.78. The summed E-state index contributed by atoms with van der Waals surface area (Å²) in [5.74, 6) is 1.64. The molecular formula is C19H26N6O. The average Bonchev–Trinajstić information content (AvgIpc) is 3.25. The second kappa shape index (κ2) is 6.23. The molecule has 138 valence electrons. The fourth-order valence-electron chi connectivity index (χ4n) is 4.51. The summed E-state index contributed by atoms with van der Waals surface area (Å²) in [5, 5.41) is 4.53. The number of aromatic nitrogens is 3. The zero-order valence-electron chi connectivity index (χ0n) is 15.4. The fourth-order valence-corrected chi connectivity index (χ4v) is 4.51. The van der Waals surface area contributed by atoms with E-state index in [1.165, 1.54) is 11.3 Å². The lowest BCUT2D eigenvalue weighted by Gasteiger charge is -2.42. The Bertz CT molecular complexity index is 834. The predicted octanol–water partition coefficient (Wildman–Crippen LogP) is 0.818. The SMILES string of the molecule is CN1CCc2nc3ccnn3c(N3CC(C(=O)N4CCCC4)C3)c2CC1. The molecule has 26 heavy (non-hydrogen) atoms. The number of likely N-dealkylation sites (N-methyl/N-ethyl adjacent to an activating group) is 1. The third-order valence-electron chi connectivity index (χ3n) is 6.11. The van der Waals surface area contributed by atoms with E-state index < -0.39 is 0 Å². The van der Waals surface area contributed by atoms with Gasteiger partial charge in [0.25, 0.3) is 0 Å². The first kappa shape index (κ1) is 16.1. The summed E-state index contributed by atoms with van der Waals surface area (Å²) in [6.07, 6.45) is 6.10. The molecule has 0 aromatic carbocycles. The summed E-state index contributed by atoms with van der Waals surface area (Å²) >= 11 is 0. The molecule has 0 radical (unpaired) electrons. The van der Waals surface area contributed by atoms with Crippen molar-refractivity contribution in [2.24, 2.45) is 5.92 Å². The van der Waals surface area contributed by atoms with Crippen molar-refractivity contribution in [1.29, 1.82) is 0 Å². The Kier molecular flexibility index (Phi) is 3.85. The minimum absolute atomic E-state index is 0.135. The van der Waals surface area contributed by atoms with Crippen LogP contribution in [0.2, 0.25) is 0 Å². The molecule has 1 amide bonds. The van der Waals surface area contributed by atoms with E-state index in [4.69, 9.17) is 4.98 Å². The number of fused-ring (bicyclic) bond motifs is 2. The van der Waals surface area contributed by atoms with Gasteiger partial charge >= 0.3 is 0 Å². The Morgan fingerprint density at radius 2 is 1.88 bits per heavy atom. The molecule has 2 fully saturated rings. The third-order valence-corrected chi connectivity index (χ3v) is 6.11. The monoisotopic (exact) mass is 354 g/mol. The molecule has 2 aromatic rings. The molecule has 3 aliphatic rings. The normalized spacial score (nSPS) is 21.7. The molecule has 0 saturated carbocycles. The van der Waals surface area contributed by atoms with E-state index in [1.54, 1.807) is 0 Å². The molecule has 3 aliphatic heterocycles. The van der Waals surface area contributed by atoms with Crippen molar-refractivity contribution >= 4 is 17.4 Å². The van der Waals surface area contributed by atoms with Crippen LogP contribution in [0.1, 0.15) is 24.1 Å². The topological polar surface area (TPSA) is 57.0 Å². The minimum Gasteiger partial charge on any atom is -0.354 e. The van der Waals surface area contributed by atoms with Crippen molar-refractivity contribution in [2.75, 3.05) is 51.2 Å². The van der Waals surface area contributed by atoms with Crippen molar-refractivity contribution in [3.05, 3.63) is 23.5 Å². The molecule has 0 bridgehead atoms. The molecular weight excluding hydrogens is 328 g/mol. The molecule has 0 atom stereocenters. The molecule has 7 nitrogen and oxygen atoms in total. The van der Waals surface area contributed by atoms with E-state index in [-0.39, 0.29) is 5.92 Å². The van der Waals surface area contributed by atoms with E-state index in [9.17, 15) is 4.79 Å². The van der Waals surface area contributed by atoms with Crippen LogP contribution in [-0.2, 0) is 17.6 Å². The van der Waals surface area contributed by atoms with Gasteiger partial charge in [-0.3, -0.25) is 4.79 Å². The van der Waals surface area contributed by atoms with Crippen LogP contribution in [0.4, 0.5) is 5.82 Å². The van der Waals surface area contributed by atoms with Gasteiger partial charge in [-0.2, -0.15) is 9.61 Å². The lowest BCUT2D eigenvalue weighted by atomic mass is 9.97. The Hall–Kier alpha value is -2.15. The number of hydrogen-bond acceptors (Lipinski definition) is 5. The lowest BCUT2D eigenvalue weighted by Crippen LogP contribution is -2.55. The number of anilines is 1. The molecule has 2 aromatic heterocycles. The van der Waals surface area contributed by atoms with Crippen molar-refractivity contribution in [3.8, 4) is 0 Å². The average molecular weight is 354 g/mol. The van der Waals surface area contributed by atoms with Crippen molar-refractivity contribution in [3.63, 3.8) is 0 Å². The second-order valence-electron chi connectivity index (χ2n) is 7.90. The largest absolute Gasteiger partial charge is 0.354 e. The van der Waals surface area contributed by atoms with Gasteiger partial charge in [0.05, 0.1) is 17.8 Å². The van der Waals surface area contributed by atoms with E-state index in [0.717, 1.165) is 76.4 Å². The third kappa shape index (κ3) is 2.57. The summed E-state index contributed by atoms with van der Waals surface area (Å²) < 4.78 is 1.97. The standard InChI is InChI=1S/C19H26N6O/c1-22-10-5-15-16(6-11-22)21-17-4-7-20-25(17)18(15)24-12-14(13-24)19(26)23-8-2-3-9-23/h4,7,14H,2-3,5-6,8-13H2,1H3. The molecule has 5 rings (SSSR count). The number of amides is 1. The maximum absolute atomic E-state index is 12.7. The number of carbonyl (C=O) groups excluding carboxylic acids is 1. The smallest absolute Gasteiger partial charge is 0.229 e. The highest BCUT2D eigenvalue weighted by Crippen LogP contribution is 2.32. The first-order valence-corrected chi connectivity index (χ1v) is 9.78. The van der Waals surface area contributed by atoms with Gasteiger partial charge in [0, 0.05) is 57.3 Å². The van der Waals surface area contributed by atoms with Crippen LogP contribution in [0.25, 0.3) is 5.65 Å². The van der Waals surface area contributed by atoms with Gasteiger partial charge in [-0.15, -0.1) is 0 Å². The maximum Gasteiger partial charge on any atom is 0.229 e. The highest BCUT2D eigenvalue weighted by Gasteiger charge is 2.38. The number of hydrogen-bond donors (Lipinski definition) is 0. The van der Waals surface area contributed by atoms with Gasteiger partial charge in [0.1, 0.15) is 5.82 Å². The summed E-state index contributed by atoms with van der Waals surface area (Å²) in [4.78, 5) is 24.3. The quantitative estimate of drug-likeness (QED) is 0.799. The molecule has 0 spiro atoms. The van der Waals surface area contributed by atoms with Gasteiger partial charge < -0.3 is 14.7 Å². The van der Waals surface area contributed by atoms with Gasteiger partial charge in [0.2, 0.25) is 5.91 Å². The summed E-state index contributed by atoms with van der Waals surface area (Å²) in [6, 6.07) is 1.98. The van der Waals surface area contributed by atoms with E-state index in [1.807, 2.05) is 21.7 Å². The van der Waals surface area contributed by atoms with Gasteiger partial charge in [-0.05, 0) is 26.3 Å². The van der Waals surface area contributed by atoms with Crippen LogP contribution >= 0.6 is 0 Å². The summed E-state index contributed by atoms with van der Waals surface area (Å²) in [6.45, 7) is 5.57. The molecule has 0 aliphatic carbocycles. The maximum atomic E-state index is 12.7. The van der Waals surface area contributed by atoms with Gasteiger partial charge in [-0.25, -0.2) is 4.98 Å².